The topological polar surface area (TPSA) is 87.4 Å². The van der Waals surface area contributed by atoms with Gasteiger partial charge in [-0.3, -0.25) is 9.69 Å². The first-order valence-corrected chi connectivity index (χ1v) is 14.7. The first kappa shape index (κ1) is 36.0. The molecule has 17 heteroatoms. The van der Waals surface area contributed by atoms with Gasteiger partial charge in [0.15, 0.2) is 0 Å². The monoisotopic (exact) mass is 680 g/mol. The molecule has 4 rings (SSSR count). The number of halogens is 9. The highest BCUT2D eigenvalue weighted by Crippen LogP contribution is 2.40. The second-order valence-electron chi connectivity index (χ2n) is 12.0. The molecule has 2 aromatic carbocycles. The van der Waals surface area contributed by atoms with E-state index in [1.165, 1.54) is 18.0 Å². The Balaban J connectivity index is 1.79. The maximum Gasteiger partial charge on any atom is 0.416 e. The fraction of sp³-hybridized carbons (Fsp3) is 0.533. The zero-order valence-electron chi connectivity index (χ0n) is 25.6. The maximum atomic E-state index is 14.0. The number of likely N-dealkylation sites (tertiary alicyclic amines) is 1. The number of carboxylic acids is 1. The van der Waals surface area contributed by atoms with Crippen molar-refractivity contribution in [3.05, 3.63) is 69.8 Å². The number of carbonyl (C=O) groups is 1. The second kappa shape index (κ2) is 13.7. The number of piperidine rings is 1. The summed E-state index contributed by atoms with van der Waals surface area (Å²) in [6.07, 6.45) is -13.9. The summed E-state index contributed by atoms with van der Waals surface area (Å²) >= 11 is 0. The Morgan fingerprint density at radius 1 is 0.894 bits per heavy atom. The largest absolute Gasteiger partial charge is 0.481 e. The minimum absolute atomic E-state index is 0.00260. The molecule has 1 aliphatic heterocycles. The lowest BCUT2D eigenvalue weighted by Gasteiger charge is -2.40. The van der Waals surface area contributed by atoms with Crippen molar-refractivity contribution < 1.29 is 49.4 Å². The molecule has 0 amide bonds. The van der Waals surface area contributed by atoms with Gasteiger partial charge >= 0.3 is 24.5 Å². The highest BCUT2D eigenvalue weighted by molar-refractivity contribution is 5.67. The predicted molar refractivity (Wildman–Crippen MR) is 151 cm³/mol. The van der Waals surface area contributed by atoms with Crippen LogP contribution in [0.2, 0.25) is 0 Å². The van der Waals surface area contributed by atoms with E-state index in [-0.39, 0.29) is 35.8 Å². The van der Waals surface area contributed by atoms with Gasteiger partial charge in [-0.1, -0.05) is 25.0 Å². The van der Waals surface area contributed by atoms with E-state index in [4.69, 9.17) is 0 Å². The lowest BCUT2D eigenvalue weighted by molar-refractivity contribution is -0.143. The summed E-state index contributed by atoms with van der Waals surface area (Å²) in [7, 11) is 1.37. The number of alkyl halides is 9. The highest BCUT2D eigenvalue weighted by atomic mass is 19.4. The van der Waals surface area contributed by atoms with Crippen molar-refractivity contribution in [1.29, 1.82) is 0 Å². The zero-order valence-corrected chi connectivity index (χ0v) is 25.6. The third kappa shape index (κ3) is 9.14. The Labute approximate surface area is 264 Å². The van der Waals surface area contributed by atoms with Gasteiger partial charge in [-0.25, -0.2) is 0 Å². The molecule has 8 nitrogen and oxygen atoms in total. The Morgan fingerprint density at radius 2 is 1.47 bits per heavy atom. The summed E-state index contributed by atoms with van der Waals surface area (Å²) in [6, 6.07) is 3.82. The number of tetrazole rings is 1. The van der Waals surface area contributed by atoms with Gasteiger partial charge in [0.1, 0.15) is 0 Å². The zero-order chi connectivity index (χ0) is 34.9. The van der Waals surface area contributed by atoms with Crippen molar-refractivity contribution in [2.24, 2.45) is 18.9 Å². The summed E-state index contributed by atoms with van der Waals surface area (Å²) in [4.78, 5) is 15.5. The molecule has 0 radical (unpaired) electrons. The summed E-state index contributed by atoms with van der Waals surface area (Å²) in [5, 5.41) is 20.8. The number of carboxylic acid groups (broad SMARTS) is 1. The smallest absolute Gasteiger partial charge is 0.416 e. The number of anilines is 1. The fourth-order valence-corrected chi connectivity index (χ4v) is 6.00. The molecule has 0 spiro atoms. The Bertz CT molecular complexity index is 1510. The number of rotatable bonds is 10. The molecule has 0 bridgehead atoms. The van der Waals surface area contributed by atoms with Gasteiger partial charge in [0.25, 0.3) is 5.95 Å². The van der Waals surface area contributed by atoms with Gasteiger partial charge in [0.05, 0.1) is 23.7 Å². The normalized spacial score (nSPS) is 16.1. The van der Waals surface area contributed by atoms with Crippen molar-refractivity contribution >= 4 is 11.9 Å². The van der Waals surface area contributed by atoms with Crippen molar-refractivity contribution in [2.75, 3.05) is 18.0 Å². The molecule has 1 fully saturated rings. The Morgan fingerprint density at radius 3 is 1.94 bits per heavy atom. The SMILES string of the molecule is CC(C)C(c1ccc(C(F)(F)F)cc1CN(Cc1cc(C(F)(F)F)cc(C(F)(F)F)c1)c1nnn(C)n1)N1CCC(CC(=O)O)CC1. The molecule has 3 aromatic rings. The van der Waals surface area contributed by atoms with Crippen LogP contribution < -0.4 is 4.90 Å². The van der Waals surface area contributed by atoms with Crippen molar-refractivity contribution in [3.8, 4) is 0 Å². The van der Waals surface area contributed by atoms with Gasteiger partial charge in [0.2, 0.25) is 0 Å². The lowest BCUT2D eigenvalue weighted by Crippen LogP contribution is -2.40. The molecular formula is C30H33F9N6O2. The molecule has 2 heterocycles. The molecule has 1 aromatic heterocycles. The van der Waals surface area contributed by atoms with Crippen LogP contribution in [0.15, 0.2) is 36.4 Å². The van der Waals surface area contributed by atoms with Crippen LogP contribution in [-0.4, -0.2) is 49.3 Å². The second-order valence-corrected chi connectivity index (χ2v) is 12.0. The summed E-state index contributed by atoms with van der Waals surface area (Å²) < 4.78 is 124. The number of hydrogen-bond acceptors (Lipinski definition) is 6. The van der Waals surface area contributed by atoms with E-state index in [0.717, 1.165) is 16.9 Å². The molecule has 47 heavy (non-hydrogen) atoms. The van der Waals surface area contributed by atoms with E-state index in [0.29, 0.717) is 43.6 Å². The van der Waals surface area contributed by atoms with E-state index in [1.54, 1.807) is 0 Å². The number of nitrogens with zero attached hydrogens (tertiary/aromatic N) is 6. The van der Waals surface area contributed by atoms with Crippen molar-refractivity contribution in [1.82, 2.24) is 25.1 Å². The summed E-state index contributed by atoms with van der Waals surface area (Å²) in [6.45, 7) is 3.66. The first-order chi connectivity index (χ1) is 21.7. The molecule has 1 unspecified atom stereocenters. The van der Waals surface area contributed by atoms with Gasteiger partial charge in [0, 0.05) is 25.6 Å². The minimum Gasteiger partial charge on any atom is -0.481 e. The number of hydrogen-bond donors (Lipinski definition) is 1. The van der Waals surface area contributed by atoms with Gasteiger partial charge in [-0.2, -0.15) is 44.3 Å². The number of aliphatic carboxylic acids is 1. The number of aromatic nitrogens is 4. The fourth-order valence-electron chi connectivity index (χ4n) is 6.00. The molecule has 0 saturated carbocycles. The summed E-state index contributed by atoms with van der Waals surface area (Å²) in [5.74, 6) is -1.36. The van der Waals surface area contributed by atoms with Gasteiger partial charge in [-0.05, 0) is 90.0 Å². The third-order valence-electron chi connectivity index (χ3n) is 8.09. The maximum absolute atomic E-state index is 14.0. The van der Waals surface area contributed by atoms with Crippen LogP contribution in [0, 0.1) is 11.8 Å². The number of aryl methyl sites for hydroxylation is 1. The molecule has 258 valence electrons. The number of benzene rings is 2. The van der Waals surface area contributed by atoms with E-state index >= 15 is 0 Å². The quantitative estimate of drug-likeness (QED) is 0.224. The van der Waals surface area contributed by atoms with Crippen LogP contribution in [0.4, 0.5) is 45.5 Å². The molecule has 1 saturated heterocycles. The van der Waals surface area contributed by atoms with E-state index in [1.807, 2.05) is 13.8 Å². The van der Waals surface area contributed by atoms with Crippen molar-refractivity contribution in [2.45, 2.75) is 70.8 Å². The van der Waals surface area contributed by atoms with E-state index < -0.39 is 65.9 Å². The Hall–Kier alpha value is -3.89. The summed E-state index contributed by atoms with van der Waals surface area (Å²) in [5.41, 5.74) is -3.92. The minimum atomic E-state index is -5.11. The van der Waals surface area contributed by atoms with Crippen LogP contribution >= 0.6 is 0 Å². The molecule has 0 aliphatic carbocycles. The van der Waals surface area contributed by atoms with E-state index in [2.05, 4.69) is 20.3 Å². The standard InChI is InChI=1S/C30H33F9N6O2/c1-17(2)26(44-8-6-18(7-9-44)12-25(46)47)24-5-4-21(28(31,32)33)13-20(24)16-45(27-40-42-43(3)41-27)15-19-10-22(29(34,35)36)14-23(11-19)30(37,38)39/h4-5,10-11,13-14,17-18,26H,6-9,12,15-16H2,1-3H3,(H,46,47). The van der Waals surface area contributed by atoms with Crippen LogP contribution in [0.5, 0.6) is 0 Å². The molecule has 1 atom stereocenters. The highest BCUT2D eigenvalue weighted by Gasteiger charge is 2.38. The van der Waals surface area contributed by atoms with Crippen LogP contribution in [-0.2, 0) is 43.5 Å². The van der Waals surface area contributed by atoms with Gasteiger partial charge in [-0.15, -0.1) is 5.10 Å². The average Bonchev–Trinajstić information content (AvgIpc) is 3.38. The average molecular weight is 681 g/mol. The lowest BCUT2D eigenvalue weighted by atomic mass is 9.86. The van der Waals surface area contributed by atoms with Crippen LogP contribution in [0.1, 0.15) is 72.5 Å². The van der Waals surface area contributed by atoms with Crippen molar-refractivity contribution in [3.63, 3.8) is 0 Å². The van der Waals surface area contributed by atoms with Crippen LogP contribution in [0.25, 0.3) is 0 Å². The molecule has 1 N–H and O–H groups in total. The molecular weight excluding hydrogens is 647 g/mol. The van der Waals surface area contributed by atoms with Gasteiger partial charge < -0.3 is 10.0 Å². The Kier molecular flexibility index (Phi) is 10.5. The molecule has 1 aliphatic rings. The third-order valence-corrected chi connectivity index (χ3v) is 8.09. The predicted octanol–water partition coefficient (Wildman–Crippen LogP) is 7.36. The van der Waals surface area contributed by atoms with Crippen LogP contribution in [0.3, 0.4) is 0 Å². The first-order valence-electron chi connectivity index (χ1n) is 14.7. The van der Waals surface area contributed by atoms with E-state index in [9.17, 15) is 49.4 Å².